The van der Waals surface area contributed by atoms with Crippen LogP contribution in [0.2, 0.25) is 0 Å². The molecule has 1 heterocycles. The van der Waals surface area contributed by atoms with Crippen molar-refractivity contribution in [2.24, 2.45) is 5.73 Å². The zero-order chi connectivity index (χ0) is 14.8. The zero-order valence-corrected chi connectivity index (χ0v) is 13.6. The topological polar surface area (TPSA) is 72.1 Å². The van der Waals surface area contributed by atoms with E-state index in [-0.39, 0.29) is 17.4 Å². The van der Waals surface area contributed by atoms with E-state index >= 15 is 0 Å². The van der Waals surface area contributed by atoms with Gasteiger partial charge in [0, 0.05) is 24.9 Å². The fourth-order valence-electron chi connectivity index (χ4n) is 1.61. The molecule has 0 bridgehead atoms. The van der Waals surface area contributed by atoms with Crippen molar-refractivity contribution in [1.29, 1.82) is 0 Å². The molecular formula is C12H20N4OS2. The predicted octanol–water partition coefficient (Wildman–Crippen LogP) is 1.97. The number of rotatable bonds is 4. The molecule has 0 aliphatic heterocycles. The first-order chi connectivity index (χ1) is 8.64. The van der Waals surface area contributed by atoms with Crippen molar-refractivity contribution in [3.05, 3.63) is 10.6 Å². The normalized spacial score (nSPS) is 13.1. The highest BCUT2D eigenvalue weighted by atomic mass is 32.1. The average molecular weight is 300 g/mol. The van der Waals surface area contributed by atoms with Gasteiger partial charge < -0.3 is 10.6 Å². The maximum absolute atomic E-state index is 12.5. The monoisotopic (exact) mass is 300 g/mol. The number of carbonyl (C=O) groups excluding carboxylic acids is 1. The van der Waals surface area contributed by atoms with Crippen molar-refractivity contribution in [2.45, 2.75) is 45.6 Å². The molecule has 0 aliphatic rings. The summed E-state index contributed by atoms with van der Waals surface area (Å²) in [6, 6.07) is -0.0417. The molecule has 1 aromatic rings. The van der Waals surface area contributed by atoms with E-state index in [0.717, 1.165) is 17.2 Å². The molecule has 5 nitrogen and oxygen atoms in total. The van der Waals surface area contributed by atoms with Gasteiger partial charge >= 0.3 is 0 Å². The third-order valence-electron chi connectivity index (χ3n) is 2.87. The summed E-state index contributed by atoms with van der Waals surface area (Å²) in [7, 11) is 1.75. The van der Waals surface area contributed by atoms with Gasteiger partial charge in [-0.15, -0.1) is 5.10 Å². The van der Waals surface area contributed by atoms with Crippen molar-refractivity contribution in [3.63, 3.8) is 0 Å². The fraction of sp³-hybridized carbons (Fsp3) is 0.667. The van der Waals surface area contributed by atoms with Gasteiger partial charge in [0.15, 0.2) is 0 Å². The summed E-state index contributed by atoms with van der Waals surface area (Å²) < 4.78 is 3.91. The molecule has 19 heavy (non-hydrogen) atoms. The molecular weight excluding hydrogens is 280 g/mol. The van der Waals surface area contributed by atoms with Gasteiger partial charge in [-0.3, -0.25) is 4.79 Å². The first-order valence-corrected chi connectivity index (χ1v) is 7.21. The van der Waals surface area contributed by atoms with Gasteiger partial charge in [0.1, 0.15) is 4.88 Å². The second kappa shape index (κ2) is 5.92. The minimum atomic E-state index is -0.203. The Morgan fingerprint density at radius 3 is 2.58 bits per heavy atom. The first kappa shape index (κ1) is 16.0. The van der Waals surface area contributed by atoms with E-state index in [2.05, 4.69) is 9.59 Å². The maximum atomic E-state index is 12.5. The number of thiocarbonyl (C=S) groups is 1. The molecule has 1 unspecified atom stereocenters. The van der Waals surface area contributed by atoms with Crippen LogP contribution in [-0.4, -0.2) is 38.5 Å². The van der Waals surface area contributed by atoms with Crippen molar-refractivity contribution in [2.75, 3.05) is 7.05 Å². The van der Waals surface area contributed by atoms with Gasteiger partial charge in [0.05, 0.1) is 10.7 Å². The van der Waals surface area contributed by atoms with E-state index in [1.165, 1.54) is 0 Å². The molecule has 0 fully saturated rings. The molecule has 2 N–H and O–H groups in total. The highest BCUT2D eigenvalue weighted by Gasteiger charge is 2.29. The first-order valence-electron chi connectivity index (χ1n) is 6.03. The van der Waals surface area contributed by atoms with Crippen molar-refractivity contribution in [3.8, 4) is 0 Å². The smallest absolute Gasteiger partial charge is 0.267 e. The Bertz CT molecular complexity index is 478. The van der Waals surface area contributed by atoms with Gasteiger partial charge in [-0.25, -0.2) is 0 Å². The Morgan fingerprint density at radius 1 is 1.53 bits per heavy atom. The number of hydrogen-bond donors (Lipinski definition) is 1. The molecule has 0 aliphatic carbocycles. The lowest BCUT2D eigenvalue weighted by molar-refractivity contribution is 0.0750. The number of carbonyl (C=O) groups is 1. The second-order valence-electron chi connectivity index (χ2n) is 5.64. The van der Waals surface area contributed by atoms with Gasteiger partial charge in [0.2, 0.25) is 0 Å². The van der Waals surface area contributed by atoms with Crippen LogP contribution in [0.4, 0.5) is 0 Å². The van der Waals surface area contributed by atoms with Gasteiger partial charge in [0.25, 0.3) is 5.91 Å². The van der Waals surface area contributed by atoms with Crippen molar-refractivity contribution in [1.82, 2.24) is 14.5 Å². The number of nitrogens with two attached hydrogens (primary N) is 1. The molecule has 0 saturated carbocycles. The summed E-state index contributed by atoms with van der Waals surface area (Å²) in [6.45, 7) is 7.96. The van der Waals surface area contributed by atoms with Crippen LogP contribution in [0.1, 0.15) is 49.5 Å². The molecule has 1 aromatic heterocycles. The Balaban J connectivity index is 2.95. The number of hydrogen-bond acceptors (Lipinski definition) is 5. The summed E-state index contributed by atoms with van der Waals surface area (Å²) >= 11 is 6.01. The van der Waals surface area contributed by atoms with Crippen LogP contribution in [-0.2, 0) is 5.41 Å². The van der Waals surface area contributed by atoms with Crippen LogP contribution in [0.5, 0.6) is 0 Å². The highest BCUT2D eigenvalue weighted by Crippen LogP contribution is 2.27. The third kappa shape index (κ3) is 3.94. The number of amides is 1. The van der Waals surface area contributed by atoms with Gasteiger partial charge in [-0.05, 0) is 18.5 Å². The van der Waals surface area contributed by atoms with Crippen molar-refractivity contribution >= 4 is 34.6 Å². The lowest BCUT2D eigenvalue weighted by Crippen LogP contribution is -2.38. The van der Waals surface area contributed by atoms with Crippen LogP contribution >= 0.6 is 23.8 Å². The quantitative estimate of drug-likeness (QED) is 0.861. The standard InChI is InChI=1S/C12H20N4OS2/c1-7(6-8(13)18)16(5)11(17)9-10(12(2,3)4)14-15-19-9/h7H,6H2,1-5H3,(H2,13,18). The molecule has 0 spiro atoms. The largest absolute Gasteiger partial charge is 0.393 e. The van der Waals surface area contributed by atoms with E-state index in [1.54, 1.807) is 11.9 Å². The van der Waals surface area contributed by atoms with Gasteiger partial charge in [-0.1, -0.05) is 37.5 Å². The summed E-state index contributed by atoms with van der Waals surface area (Å²) in [5.41, 5.74) is 6.05. The fourth-order valence-corrected chi connectivity index (χ4v) is 2.71. The summed E-state index contributed by atoms with van der Waals surface area (Å²) in [5.74, 6) is -0.0799. The average Bonchev–Trinajstić information content (AvgIpc) is 2.74. The zero-order valence-electron chi connectivity index (χ0n) is 11.9. The summed E-state index contributed by atoms with van der Waals surface area (Å²) in [5, 5.41) is 4.08. The van der Waals surface area contributed by atoms with Crippen LogP contribution in [0.15, 0.2) is 0 Å². The minimum absolute atomic E-state index is 0.0417. The van der Waals surface area contributed by atoms with Crippen LogP contribution in [0, 0.1) is 0 Å². The van der Waals surface area contributed by atoms with E-state index in [0.29, 0.717) is 16.3 Å². The second-order valence-corrected chi connectivity index (χ2v) is 6.91. The van der Waals surface area contributed by atoms with E-state index < -0.39 is 0 Å². The van der Waals surface area contributed by atoms with Crippen LogP contribution in [0.3, 0.4) is 0 Å². The van der Waals surface area contributed by atoms with E-state index in [1.807, 2.05) is 27.7 Å². The molecule has 1 atom stereocenters. The highest BCUT2D eigenvalue weighted by molar-refractivity contribution is 7.80. The predicted molar refractivity (Wildman–Crippen MR) is 81.6 cm³/mol. The van der Waals surface area contributed by atoms with Gasteiger partial charge in [-0.2, -0.15) is 0 Å². The molecule has 1 rings (SSSR count). The van der Waals surface area contributed by atoms with E-state index in [9.17, 15) is 4.79 Å². The third-order valence-corrected chi connectivity index (χ3v) is 3.75. The molecule has 7 heteroatoms. The van der Waals surface area contributed by atoms with E-state index in [4.69, 9.17) is 18.0 Å². The summed E-state index contributed by atoms with van der Waals surface area (Å²) in [4.78, 5) is 15.1. The summed E-state index contributed by atoms with van der Waals surface area (Å²) in [6.07, 6.45) is 0.509. The molecule has 1 amide bonds. The minimum Gasteiger partial charge on any atom is -0.393 e. The number of nitrogens with zero attached hydrogens (tertiary/aromatic N) is 3. The molecule has 0 aromatic carbocycles. The number of aromatic nitrogens is 2. The van der Waals surface area contributed by atoms with Crippen LogP contribution in [0.25, 0.3) is 0 Å². The Labute approximate surface area is 123 Å². The SMILES string of the molecule is CC(CC(N)=S)N(C)C(=O)c1snnc1C(C)(C)C. The Hall–Kier alpha value is -1.08. The lowest BCUT2D eigenvalue weighted by Gasteiger charge is -2.25. The molecule has 0 radical (unpaired) electrons. The Morgan fingerprint density at radius 2 is 2.11 bits per heavy atom. The maximum Gasteiger partial charge on any atom is 0.267 e. The lowest BCUT2D eigenvalue weighted by atomic mass is 9.91. The Kier molecular flexibility index (Phi) is 4.98. The van der Waals surface area contributed by atoms with Crippen molar-refractivity contribution < 1.29 is 4.79 Å². The van der Waals surface area contributed by atoms with Crippen LogP contribution < -0.4 is 5.73 Å². The molecule has 0 saturated heterocycles. The molecule has 106 valence electrons.